The van der Waals surface area contributed by atoms with E-state index in [0.29, 0.717) is 27.8 Å². The van der Waals surface area contributed by atoms with Gasteiger partial charge in [-0.2, -0.15) is 0 Å². The Bertz CT molecular complexity index is 1390. The fourth-order valence-corrected chi connectivity index (χ4v) is 3.09. The number of hydrogen-bond acceptors (Lipinski definition) is 3. The Balaban J connectivity index is 2.02. The maximum Gasteiger partial charge on any atom is 0.227 e. The van der Waals surface area contributed by atoms with Gasteiger partial charge in [0.15, 0.2) is 0 Å². The summed E-state index contributed by atoms with van der Waals surface area (Å²) in [5, 5.41) is 0.695. The highest BCUT2D eigenvalue weighted by molar-refractivity contribution is 6.09. The molecule has 0 N–H and O–H groups in total. The van der Waals surface area contributed by atoms with Gasteiger partial charge in [0.2, 0.25) is 5.71 Å². The Morgan fingerprint density at radius 1 is 1.15 bits per heavy atom. The zero-order valence-corrected chi connectivity index (χ0v) is 14.8. The first-order valence-corrected chi connectivity index (χ1v) is 8.36. The van der Waals surface area contributed by atoms with Gasteiger partial charge in [-0.15, -0.1) is 0 Å². The lowest BCUT2D eigenvalue weighted by Gasteiger charge is -2.18. The summed E-state index contributed by atoms with van der Waals surface area (Å²) >= 11 is 0. The molecule has 0 unspecified atom stereocenters. The normalized spacial score (nSPS) is 18.3. The summed E-state index contributed by atoms with van der Waals surface area (Å²) in [6.45, 7) is 0.256. The van der Waals surface area contributed by atoms with Crippen molar-refractivity contribution in [1.82, 2.24) is 9.97 Å². The van der Waals surface area contributed by atoms with E-state index in [0.717, 1.165) is 6.07 Å². The summed E-state index contributed by atoms with van der Waals surface area (Å²) < 4.78 is 70.1. The van der Waals surface area contributed by atoms with Gasteiger partial charge in [-0.25, -0.2) is 4.98 Å². The lowest BCUT2D eigenvalue weighted by molar-refractivity contribution is 0.411. The van der Waals surface area contributed by atoms with E-state index in [1.54, 1.807) is 30.3 Å². The van der Waals surface area contributed by atoms with E-state index in [2.05, 4.69) is 9.97 Å². The van der Waals surface area contributed by atoms with Crippen molar-refractivity contribution < 1.29 is 15.4 Å². The predicted molar refractivity (Wildman–Crippen MR) is 107 cm³/mol. The van der Waals surface area contributed by atoms with Gasteiger partial charge < -0.3 is 4.42 Å². The maximum absolute atomic E-state index is 8.60. The van der Waals surface area contributed by atoms with E-state index in [9.17, 15) is 0 Å². The summed E-state index contributed by atoms with van der Waals surface area (Å²) in [7, 11) is 0. The minimum atomic E-state index is -2.61. The molecule has 0 bridgehead atoms. The number of fused-ring (bicyclic) bond motifs is 3. The molecule has 0 radical (unpaired) electrons. The van der Waals surface area contributed by atoms with Gasteiger partial charge >= 0.3 is 0 Å². The van der Waals surface area contributed by atoms with Crippen LogP contribution in [0.5, 0.6) is 0 Å². The molecule has 0 aliphatic heterocycles. The maximum atomic E-state index is 8.60. The van der Waals surface area contributed by atoms with E-state index < -0.39 is 25.5 Å². The van der Waals surface area contributed by atoms with Crippen LogP contribution in [-0.4, -0.2) is 9.97 Å². The number of para-hydroxylation sites is 1. The Kier molecular flexibility index (Phi) is 2.25. The predicted octanol–water partition coefficient (Wildman–Crippen LogP) is 6.25. The number of hydrogen-bond donors (Lipinski definition) is 0. The van der Waals surface area contributed by atoms with Crippen molar-refractivity contribution in [1.29, 1.82) is 0 Å². The molecule has 0 aliphatic rings. The molecule has 3 aromatic heterocycles. The topological polar surface area (TPSA) is 38.9 Å². The summed E-state index contributed by atoms with van der Waals surface area (Å²) in [5.74, 6) is 0. The molecule has 132 valence electrons. The zero-order chi connectivity index (χ0) is 25.3. The molecule has 0 saturated carbocycles. The van der Waals surface area contributed by atoms with Crippen LogP contribution in [0.4, 0.5) is 0 Å². The second kappa shape index (κ2) is 5.94. The quantitative estimate of drug-likeness (QED) is 0.428. The number of nitrogens with zero attached hydrogens (tertiary/aromatic N) is 2. The zero-order valence-electron chi connectivity index (χ0n) is 22.8. The van der Waals surface area contributed by atoms with E-state index in [-0.39, 0.29) is 22.4 Å². The average molecular weight is 353 g/mol. The number of aromatic nitrogens is 2. The van der Waals surface area contributed by atoms with Crippen LogP contribution in [0.3, 0.4) is 0 Å². The number of rotatable bonds is 2. The summed E-state index contributed by atoms with van der Waals surface area (Å²) in [6, 6.07) is 9.53. The second-order valence-electron chi connectivity index (χ2n) is 7.32. The highest BCUT2D eigenvalue weighted by atomic mass is 16.3. The molecular weight excluding hydrogens is 320 g/mol. The molecule has 1 aromatic carbocycles. The van der Waals surface area contributed by atoms with E-state index in [1.165, 1.54) is 6.20 Å². The van der Waals surface area contributed by atoms with Crippen LogP contribution < -0.4 is 0 Å². The van der Waals surface area contributed by atoms with Gasteiger partial charge in [-0.3, -0.25) is 4.98 Å². The van der Waals surface area contributed by atoms with Crippen LogP contribution >= 0.6 is 0 Å². The highest BCUT2D eigenvalue weighted by Crippen LogP contribution is 2.36. The molecule has 0 spiro atoms. The highest BCUT2D eigenvalue weighted by Gasteiger charge is 2.17. The van der Waals surface area contributed by atoms with Crippen LogP contribution in [0, 0.1) is 19.1 Å². The summed E-state index contributed by atoms with van der Waals surface area (Å²) in [6.07, 6.45) is -0.119. The molecule has 0 saturated heterocycles. The van der Waals surface area contributed by atoms with Crippen LogP contribution in [0.2, 0.25) is 0 Å². The first kappa shape index (κ1) is 9.86. The van der Waals surface area contributed by atoms with Gasteiger partial charge in [0, 0.05) is 33.8 Å². The minimum Gasteiger partial charge on any atom is -0.437 e. The van der Waals surface area contributed by atoms with E-state index >= 15 is 0 Å². The van der Waals surface area contributed by atoms with Crippen molar-refractivity contribution in [3.8, 4) is 11.3 Å². The number of pyridine rings is 2. The van der Waals surface area contributed by atoms with Crippen molar-refractivity contribution in [3.63, 3.8) is 0 Å². The molecule has 3 nitrogen and oxygen atoms in total. The molecule has 3 heterocycles. The Hall–Kier alpha value is -2.68. The fourth-order valence-electron chi connectivity index (χ4n) is 3.09. The molecule has 3 heteroatoms. The standard InChI is InChI=1S/C23H24N2O/c1-14-11-15(2)25-22-20(14)18-8-6-7-17(21(18)26-22)19-12-16(9-10-24-19)13-23(3,4)5/h6-12H,13H2,1-5H3/i1D3,2D3,13D2. The van der Waals surface area contributed by atoms with Gasteiger partial charge in [0.05, 0.1) is 11.1 Å². The van der Waals surface area contributed by atoms with Crippen LogP contribution in [-0.2, 0) is 6.37 Å². The Morgan fingerprint density at radius 2 is 2.04 bits per heavy atom. The van der Waals surface area contributed by atoms with Gasteiger partial charge in [-0.05, 0) is 60.9 Å². The van der Waals surface area contributed by atoms with Gasteiger partial charge in [-0.1, -0.05) is 32.9 Å². The monoisotopic (exact) mass is 352 g/mol. The fraction of sp³-hybridized carbons (Fsp3) is 0.304. The molecular formula is C23H24N2O. The third-order valence-corrected chi connectivity index (χ3v) is 4.02. The Labute approximate surface area is 165 Å². The van der Waals surface area contributed by atoms with Crippen LogP contribution in [0.1, 0.15) is 48.6 Å². The van der Waals surface area contributed by atoms with Crippen molar-refractivity contribution in [3.05, 3.63) is 59.4 Å². The van der Waals surface area contributed by atoms with E-state index in [4.69, 9.17) is 15.4 Å². The molecule has 0 aliphatic carbocycles. The first-order chi connectivity index (χ1) is 15.5. The molecule has 4 rings (SSSR count). The van der Waals surface area contributed by atoms with E-state index in [1.807, 2.05) is 20.8 Å². The first-order valence-electron chi connectivity index (χ1n) is 12.4. The third kappa shape index (κ3) is 2.98. The van der Waals surface area contributed by atoms with Crippen LogP contribution in [0.25, 0.3) is 33.3 Å². The lowest BCUT2D eigenvalue weighted by atomic mass is 9.88. The van der Waals surface area contributed by atoms with Crippen molar-refractivity contribution in [2.24, 2.45) is 5.41 Å². The molecule has 0 atom stereocenters. The second-order valence-corrected chi connectivity index (χ2v) is 7.32. The SMILES string of the molecule is [2H]C([2H])([2H])c1cc(C([2H])([2H])[2H])c2c(n1)oc1c(-c3cc(C([2H])([2H])C(C)(C)C)ccn3)cccc12. The molecule has 0 amide bonds. The van der Waals surface area contributed by atoms with Crippen LogP contribution in [0.15, 0.2) is 47.0 Å². The summed E-state index contributed by atoms with van der Waals surface area (Å²) in [4.78, 5) is 8.53. The average Bonchev–Trinajstić information content (AvgIpc) is 3.09. The molecule has 0 fully saturated rings. The van der Waals surface area contributed by atoms with Crippen molar-refractivity contribution in [2.45, 2.75) is 40.8 Å². The molecule has 4 aromatic rings. The van der Waals surface area contributed by atoms with Crippen molar-refractivity contribution in [2.75, 3.05) is 0 Å². The van der Waals surface area contributed by atoms with Crippen molar-refractivity contribution >= 4 is 22.1 Å². The minimum absolute atomic E-state index is 0.0802. The smallest absolute Gasteiger partial charge is 0.227 e. The number of furan rings is 1. The summed E-state index contributed by atoms with van der Waals surface area (Å²) in [5.41, 5.74) is 0.471. The van der Waals surface area contributed by atoms with Gasteiger partial charge in [0.1, 0.15) is 5.58 Å². The van der Waals surface area contributed by atoms with Gasteiger partial charge in [0.25, 0.3) is 0 Å². The largest absolute Gasteiger partial charge is 0.437 e. The third-order valence-electron chi connectivity index (χ3n) is 4.02. The number of aryl methyl sites for hydroxylation is 2. The molecule has 26 heavy (non-hydrogen) atoms. The number of benzene rings is 1. The lowest BCUT2D eigenvalue weighted by Crippen LogP contribution is -2.09. The Morgan fingerprint density at radius 3 is 2.81 bits per heavy atom.